The molecular weight excluding hydrogens is 402 g/mol. The smallest absolute Gasteiger partial charge is 0.315 e. The van der Waals surface area contributed by atoms with Gasteiger partial charge in [-0.25, -0.2) is 9.78 Å². The van der Waals surface area contributed by atoms with Crippen LogP contribution in [0, 0.1) is 0 Å². The molecule has 2 N–H and O–H groups in total. The second-order valence-electron chi connectivity index (χ2n) is 7.39. The van der Waals surface area contributed by atoms with Crippen molar-refractivity contribution in [3.8, 4) is 0 Å². The van der Waals surface area contributed by atoms with Crippen molar-refractivity contribution in [2.45, 2.75) is 32.4 Å². The fraction of sp³-hybridized carbons (Fsp3) is 0.318. The summed E-state index contributed by atoms with van der Waals surface area (Å²) in [5, 5.41) is 6.20. The highest BCUT2D eigenvalue weighted by Gasteiger charge is 2.19. The normalized spacial score (nSPS) is 13.2. The van der Waals surface area contributed by atoms with E-state index in [9.17, 15) is 9.59 Å². The summed E-state index contributed by atoms with van der Waals surface area (Å²) in [5.74, 6) is 0.134. The van der Waals surface area contributed by atoms with E-state index in [1.165, 1.54) is 11.1 Å². The maximum atomic E-state index is 12.5. The Morgan fingerprint density at radius 2 is 1.90 bits per heavy atom. The quantitative estimate of drug-likeness (QED) is 0.595. The molecule has 0 radical (unpaired) electrons. The number of halogens is 1. The Bertz CT molecular complexity index is 1060. The standard InChI is InChI=1S/C22H24ClN5O2/c23-18-7-8-20-26-19(15-28(20)14-18)12-25-22(30)24-10-3-6-21(29)27-11-9-16-4-1-2-5-17(16)13-27/h1-2,4-5,7-8,14-15H,3,6,9-13H2,(H2,24,25,30). The van der Waals surface area contributed by atoms with E-state index in [1.807, 2.05) is 33.7 Å². The van der Waals surface area contributed by atoms with Gasteiger partial charge in [-0.15, -0.1) is 0 Å². The molecule has 3 heterocycles. The van der Waals surface area contributed by atoms with Crippen LogP contribution in [0.3, 0.4) is 0 Å². The Labute approximate surface area is 180 Å². The minimum Gasteiger partial charge on any atom is -0.338 e. The monoisotopic (exact) mass is 425 g/mol. The Kier molecular flexibility index (Phi) is 6.18. The summed E-state index contributed by atoms with van der Waals surface area (Å²) in [6.45, 7) is 2.20. The molecule has 3 aromatic rings. The van der Waals surface area contributed by atoms with Crippen molar-refractivity contribution in [1.82, 2.24) is 24.9 Å². The van der Waals surface area contributed by atoms with Crippen molar-refractivity contribution in [1.29, 1.82) is 0 Å². The number of hydrogen-bond donors (Lipinski definition) is 2. The molecule has 7 nitrogen and oxygen atoms in total. The third-order valence-corrected chi connectivity index (χ3v) is 5.45. The van der Waals surface area contributed by atoms with Crippen molar-refractivity contribution < 1.29 is 9.59 Å². The molecule has 0 aliphatic carbocycles. The fourth-order valence-corrected chi connectivity index (χ4v) is 3.81. The second-order valence-corrected chi connectivity index (χ2v) is 7.83. The van der Waals surface area contributed by atoms with Crippen LogP contribution in [-0.2, 0) is 24.3 Å². The van der Waals surface area contributed by atoms with E-state index in [4.69, 9.17) is 11.6 Å². The summed E-state index contributed by atoms with van der Waals surface area (Å²) in [7, 11) is 0. The SMILES string of the molecule is O=C(NCCCC(=O)N1CCc2ccccc2C1)NCc1cn2cc(Cl)ccc2n1. The molecule has 0 saturated heterocycles. The number of aromatic nitrogens is 2. The molecule has 2 aromatic heterocycles. The molecule has 30 heavy (non-hydrogen) atoms. The van der Waals surface area contributed by atoms with Gasteiger partial charge in [0, 0.05) is 38.4 Å². The van der Waals surface area contributed by atoms with Crippen molar-refractivity contribution in [2.24, 2.45) is 0 Å². The first kappa shape index (κ1) is 20.2. The molecule has 1 aromatic carbocycles. The van der Waals surface area contributed by atoms with Crippen LogP contribution in [0.25, 0.3) is 5.65 Å². The van der Waals surface area contributed by atoms with E-state index in [0.29, 0.717) is 37.5 Å². The van der Waals surface area contributed by atoms with Crippen molar-refractivity contribution in [3.63, 3.8) is 0 Å². The molecule has 156 valence electrons. The molecule has 8 heteroatoms. The van der Waals surface area contributed by atoms with E-state index in [1.54, 1.807) is 12.3 Å². The lowest BCUT2D eigenvalue weighted by molar-refractivity contribution is -0.132. The number of amides is 3. The maximum Gasteiger partial charge on any atom is 0.315 e. The van der Waals surface area contributed by atoms with Gasteiger partial charge in [-0.2, -0.15) is 0 Å². The highest BCUT2D eigenvalue weighted by Crippen LogP contribution is 2.19. The number of pyridine rings is 1. The summed E-state index contributed by atoms with van der Waals surface area (Å²) in [6, 6.07) is 11.6. The van der Waals surface area contributed by atoms with Gasteiger partial charge in [0.15, 0.2) is 0 Å². The number of hydrogen-bond acceptors (Lipinski definition) is 3. The highest BCUT2D eigenvalue weighted by atomic mass is 35.5. The van der Waals surface area contributed by atoms with Gasteiger partial charge in [0.05, 0.1) is 17.3 Å². The van der Waals surface area contributed by atoms with E-state index < -0.39 is 0 Å². The van der Waals surface area contributed by atoms with Crippen LogP contribution in [-0.4, -0.2) is 39.3 Å². The summed E-state index contributed by atoms with van der Waals surface area (Å²) >= 11 is 5.97. The lowest BCUT2D eigenvalue weighted by atomic mass is 9.99. The van der Waals surface area contributed by atoms with Crippen LogP contribution in [0.4, 0.5) is 4.79 Å². The third-order valence-electron chi connectivity index (χ3n) is 5.23. The van der Waals surface area contributed by atoms with Gasteiger partial charge in [-0.1, -0.05) is 35.9 Å². The number of nitrogens with one attached hydrogen (secondary N) is 2. The van der Waals surface area contributed by atoms with Gasteiger partial charge in [-0.05, 0) is 36.1 Å². The molecule has 3 amide bonds. The minimum absolute atomic E-state index is 0.134. The predicted molar refractivity (Wildman–Crippen MR) is 115 cm³/mol. The Morgan fingerprint density at radius 1 is 1.07 bits per heavy atom. The first-order valence-corrected chi connectivity index (χ1v) is 10.5. The largest absolute Gasteiger partial charge is 0.338 e. The first-order chi connectivity index (χ1) is 14.6. The summed E-state index contributed by atoms with van der Waals surface area (Å²) in [5.41, 5.74) is 4.07. The average Bonchev–Trinajstić information content (AvgIpc) is 3.16. The van der Waals surface area contributed by atoms with E-state index in [-0.39, 0.29) is 11.9 Å². The van der Waals surface area contributed by atoms with Crippen molar-refractivity contribution >= 4 is 29.2 Å². The molecule has 0 bridgehead atoms. The van der Waals surface area contributed by atoms with Crippen LogP contribution < -0.4 is 10.6 Å². The number of carbonyl (C=O) groups is 2. The highest BCUT2D eigenvalue weighted by molar-refractivity contribution is 6.30. The molecule has 0 atom stereocenters. The zero-order valence-corrected chi connectivity index (χ0v) is 17.4. The lowest BCUT2D eigenvalue weighted by Crippen LogP contribution is -2.37. The molecule has 4 rings (SSSR count). The summed E-state index contributed by atoms with van der Waals surface area (Å²) in [4.78, 5) is 30.8. The lowest BCUT2D eigenvalue weighted by Gasteiger charge is -2.29. The Balaban J connectivity index is 1.15. The van der Waals surface area contributed by atoms with Crippen LogP contribution in [0.2, 0.25) is 5.02 Å². The number of carbonyl (C=O) groups excluding carboxylic acids is 2. The van der Waals surface area contributed by atoms with Crippen molar-refractivity contribution in [2.75, 3.05) is 13.1 Å². The predicted octanol–water partition coefficient (Wildman–Crippen LogP) is 3.15. The van der Waals surface area contributed by atoms with Gasteiger partial charge >= 0.3 is 6.03 Å². The molecule has 0 saturated carbocycles. The van der Waals surface area contributed by atoms with Crippen LogP contribution in [0.5, 0.6) is 0 Å². The molecule has 1 aliphatic rings. The molecule has 0 spiro atoms. The van der Waals surface area contributed by atoms with Gasteiger partial charge in [0.1, 0.15) is 5.65 Å². The summed E-state index contributed by atoms with van der Waals surface area (Å²) < 4.78 is 1.82. The minimum atomic E-state index is -0.274. The van der Waals surface area contributed by atoms with Crippen LogP contribution in [0.1, 0.15) is 29.7 Å². The van der Waals surface area contributed by atoms with Gasteiger partial charge in [0.2, 0.25) is 5.91 Å². The van der Waals surface area contributed by atoms with Crippen LogP contribution in [0.15, 0.2) is 48.8 Å². The van der Waals surface area contributed by atoms with Gasteiger partial charge in [0.25, 0.3) is 0 Å². The molecule has 1 aliphatic heterocycles. The van der Waals surface area contributed by atoms with E-state index in [0.717, 1.165) is 24.3 Å². The van der Waals surface area contributed by atoms with Gasteiger partial charge < -0.3 is 19.9 Å². The number of benzene rings is 1. The van der Waals surface area contributed by atoms with Crippen molar-refractivity contribution in [3.05, 3.63) is 70.6 Å². The fourth-order valence-electron chi connectivity index (χ4n) is 3.64. The second kappa shape index (κ2) is 9.17. The van der Waals surface area contributed by atoms with Gasteiger partial charge in [-0.3, -0.25) is 4.79 Å². The maximum absolute atomic E-state index is 12.5. The number of nitrogens with zero attached hydrogens (tertiary/aromatic N) is 3. The van der Waals surface area contributed by atoms with E-state index in [2.05, 4.69) is 27.8 Å². The van der Waals surface area contributed by atoms with Crippen LogP contribution >= 0.6 is 11.6 Å². The topological polar surface area (TPSA) is 78.7 Å². The number of fused-ring (bicyclic) bond motifs is 2. The van der Waals surface area contributed by atoms with E-state index >= 15 is 0 Å². The molecule has 0 unspecified atom stereocenters. The number of imidazole rings is 1. The Morgan fingerprint density at radius 3 is 2.77 bits per heavy atom. The first-order valence-electron chi connectivity index (χ1n) is 10.1. The number of urea groups is 1. The average molecular weight is 426 g/mol. The third kappa shape index (κ3) is 4.91. The Hall–Kier alpha value is -3.06. The molecule has 0 fully saturated rings. The number of rotatable bonds is 6. The molecular formula is C22H24ClN5O2. The summed E-state index contributed by atoms with van der Waals surface area (Å²) in [6.07, 6.45) is 5.53. The zero-order chi connectivity index (χ0) is 20.9. The zero-order valence-electron chi connectivity index (χ0n) is 16.6.